The summed E-state index contributed by atoms with van der Waals surface area (Å²) >= 11 is 18.1. The molecule has 0 bridgehead atoms. The SMILES string of the molecule is CC(=O)O.CN(C)Cc1c[nH]c2c(Cl)c(Cl)c(Cl)cc12. The predicted octanol–water partition coefficient (Wildman–Crippen LogP) is 4.28. The number of halogens is 3. The second kappa shape index (κ2) is 7.18. The third-order valence-electron chi connectivity index (χ3n) is 2.39. The molecule has 2 aromatic rings. The third kappa shape index (κ3) is 4.28. The van der Waals surface area contributed by atoms with Crippen LogP contribution in [-0.2, 0) is 11.3 Å². The number of nitrogens with zero attached hydrogens (tertiary/aromatic N) is 1. The molecule has 0 aliphatic carbocycles. The molecule has 20 heavy (non-hydrogen) atoms. The number of hydrogen-bond donors (Lipinski definition) is 2. The number of aromatic amines is 1. The zero-order valence-electron chi connectivity index (χ0n) is 11.3. The predicted molar refractivity (Wildman–Crippen MR) is 84.0 cm³/mol. The van der Waals surface area contributed by atoms with Gasteiger partial charge < -0.3 is 15.0 Å². The molecule has 0 radical (unpaired) electrons. The second-order valence-corrected chi connectivity index (χ2v) is 5.64. The molecule has 4 nitrogen and oxygen atoms in total. The summed E-state index contributed by atoms with van der Waals surface area (Å²) in [5.41, 5.74) is 1.99. The van der Waals surface area contributed by atoms with Gasteiger partial charge in [0.25, 0.3) is 5.97 Å². The topological polar surface area (TPSA) is 56.3 Å². The van der Waals surface area contributed by atoms with Crippen LogP contribution in [0, 0.1) is 0 Å². The molecule has 110 valence electrons. The first-order valence-corrected chi connectivity index (χ1v) is 6.85. The van der Waals surface area contributed by atoms with Crippen molar-refractivity contribution in [2.45, 2.75) is 13.5 Å². The first-order chi connectivity index (χ1) is 9.23. The van der Waals surface area contributed by atoms with Gasteiger partial charge in [-0.05, 0) is 25.7 Å². The molecule has 0 aliphatic heterocycles. The number of hydrogen-bond acceptors (Lipinski definition) is 2. The van der Waals surface area contributed by atoms with Crippen molar-refractivity contribution in [3.63, 3.8) is 0 Å². The van der Waals surface area contributed by atoms with Crippen molar-refractivity contribution in [2.24, 2.45) is 0 Å². The van der Waals surface area contributed by atoms with Gasteiger partial charge in [0.2, 0.25) is 0 Å². The molecule has 0 amide bonds. The van der Waals surface area contributed by atoms with Gasteiger partial charge in [-0.3, -0.25) is 4.79 Å². The van der Waals surface area contributed by atoms with E-state index < -0.39 is 5.97 Å². The molecule has 1 aromatic heterocycles. The first kappa shape index (κ1) is 17.1. The van der Waals surface area contributed by atoms with Crippen molar-refractivity contribution < 1.29 is 9.90 Å². The van der Waals surface area contributed by atoms with Crippen molar-refractivity contribution in [3.05, 3.63) is 32.9 Å². The van der Waals surface area contributed by atoms with Crippen LogP contribution in [0.4, 0.5) is 0 Å². The number of aliphatic carboxylic acids is 1. The van der Waals surface area contributed by atoms with E-state index in [1.165, 1.54) is 0 Å². The van der Waals surface area contributed by atoms with Crippen molar-refractivity contribution in [1.82, 2.24) is 9.88 Å². The molecule has 1 heterocycles. The van der Waals surface area contributed by atoms with Crippen LogP contribution >= 0.6 is 34.8 Å². The lowest BCUT2D eigenvalue weighted by molar-refractivity contribution is -0.134. The van der Waals surface area contributed by atoms with E-state index in [2.05, 4.69) is 9.88 Å². The molecular weight excluding hydrogens is 323 g/mol. The van der Waals surface area contributed by atoms with Crippen LogP contribution in [0.15, 0.2) is 12.3 Å². The maximum absolute atomic E-state index is 9.00. The van der Waals surface area contributed by atoms with Crippen molar-refractivity contribution >= 4 is 51.7 Å². The van der Waals surface area contributed by atoms with Gasteiger partial charge in [-0.15, -0.1) is 0 Å². The summed E-state index contributed by atoms with van der Waals surface area (Å²) in [6, 6.07) is 1.85. The number of carbonyl (C=O) groups is 1. The van der Waals surface area contributed by atoms with Crippen LogP contribution in [0.1, 0.15) is 12.5 Å². The Balaban J connectivity index is 0.000000444. The summed E-state index contributed by atoms with van der Waals surface area (Å²) < 4.78 is 0. The molecule has 7 heteroatoms. The molecule has 2 N–H and O–H groups in total. The van der Waals surface area contributed by atoms with Crippen molar-refractivity contribution in [1.29, 1.82) is 0 Å². The molecule has 2 rings (SSSR count). The summed E-state index contributed by atoms with van der Waals surface area (Å²) in [6.45, 7) is 1.91. The molecule has 0 atom stereocenters. The van der Waals surface area contributed by atoms with E-state index >= 15 is 0 Å². The maximum Gasteiger partial charge on any atom is 0.300 e. The first-order valence-electron chi connectivity index (χ1n) is 5.71. The van der Waals surface area contributed by atoms with E-state index in [1.807, 2.05) is 26.4 Å². The Hall–Kier alpha value is -0.940. The molecule has 0 saturated carbocycles. The Bertz CT molecular complexity index is 620. The highest BCUT2D eigenvalue weighted by atomic mass is 35.5. The monoisotopic (exact) mass is 336 g/mol. The van der Waals surface area contributed by atoms with Crippen LogP contribution in [-0.4, -0.2) is 35.1 Å². The molecule has 0 spiro atoms. The number of fused-ring (bicyclic) bond motifs is 1. The standard InChI is InChI=1S/C11H11Cl3N2.C2H4O2/c1-16(2)5-6-4-15-11-7(6)3-8(12)9(13)10(11)14;1-2(3)4/h3-4,15H,5H2,1-2H3;1H3,(H,3,4). The van der Waals surface area contributed by atoms with Gasteiger partial charge in [0.1, 0.15) is 0 Å². The number of rotatable bonds is 2. The van der Waals surface area contributed by atoms with Crippen LogP contribution in [0.2, 0.25) is 15.1 Å². The summed E-state index contributed by atoms with van der Waals surface area (Å²) in [7, 11) is 4.02. The lowest BCUT2D eigenvalue weighted by atomic mass is 10.1. The highest BCUT2D eigenvalue weighted by Gasteiger charge is 2.13. The van der Waals surface area contributed by atoms with E-state index in [4.69, 9.17) is 44.7 Å². The quantitative estimate of drug-likeness (QED) is 0.804. The van der Waals surface area contributed by atoms with Gasteiger partial charge in [0, 0.05) is 25.1 Å². The molecule has 0 unspecified atom stereocenters. The zero-order chi connectivity index (χ0) is 15.4. The number of carboxylic acid groups (broad SMARTS) is 1. The van der Waals surface area contributed by atoms with Crippen LogP contribution in [0.3, 0.4) is 0 Å². The summed E-state index contributed by atoms with van der Waals surface area (Å²) in [6.07, 6.45) is 1.93. The molecule has 0 fully saturated rings. The van der Waals surface area contributed by atoms with E-state index in [0.717, 1.165) is 29.9 Å². The third-order valence-corrected chi connectivity index (χ3v) is 3.65. The van der Waals surface area contributed by atoms with E-state index in [0.29, 0.717) is 15.1 Å². The van der Waals surface area contributed by atoms with Gasteiger partial charge in [-0.25, -0.2) is 0 Å². The summed E-state index contributed by atoms with van der Waals surface area (Å²) in [4.78, 5) is 14.2. The molecule has 0 aliphatic rings. The Kier molecular flexibility index (Phi) is 6.14. The van der Waals surface area contributed by atoms with Gasteiger partial charge in [-0.1, -0.05) is 34.8 Å². The fourth-order valence-electron chi connectivity index (χ4n) is 1.70. The zero-order valence-corrected chi connectivity index (χ0v) is 13.6. The fourth-order valence-corrected chi connectivity index (χ4v) is 2.36. The average molecular weight is 338 g/mol. The molecular formula is C13H15Cl3N2O2. The maximum atomic E-state index is 9.00. The summed E-state index contributed by atoms with van der Waals surface area (Å²) in [5.74, 6) is -0.833. The Morgan fingerprint density at radius 2 is 1.85 bits per heavy atom. The highest BCUT2D eigenvalue weighted by Crippen LogP contribution is 2.37. The largest absolute Gasteiger partial charge is 0.481 e. The van der Waals surface area contributed by atoms with Crippen LogP contribution < -0.4 is 0 Å². The fraction of sp³-hybridized carbons (Fsp3) is 0.308. The smallest absolute Gasteiger partial charge is 0.300 e. The van der Waals surface area contributed by atoms with Crippen LogP contribution in [0.25, 0.3) is 10.9 Å². The van der Waals surface area contributed by atoms with Crippen LogP contribution in [0.5, 0.6) is 0 Å². The minimum absolute atomic E-state index is 0.397. The lowest BCUT2D eigenvalue weighted by Crippen LogP contribution is -2.10. The van der Waals surface area contributed by atoms with E-state index in [9.17, 15) is 0 Å². The van der Waals surface area contributed by atoms with Gasteiger partial charge in [-0.2, -0.15) is 0 Å². The number of carboxylic acids is 1. The van der Waals surface area contributed by atoms with Gasteiger partial charge >= 0.3 is 0 Å². The number of H-pyrrole nitrogens is 1. The minimum Gasteiger partial charge on any atom is -0.481 e. The second-order valence-electron chi connectivity index (χ2n) is 4.48. The van der Waals surface area contributed by atoms with Gasteiger partial charge in [0.05, 0.1) is 20.6 Å². The number of benzene rings is 1. The normalized spacial score (nSPS) is 10.6. The van der Waals surface area contributed by atoms with Crippen molar-refractivity contribution in [3.8, 4) is 0 Å². The van der Waals surface area contributed by atoms with Crippen molar-refractivity contribution in [2.75, 3.05) is 14.1 Å². The Morgan fingerprint density at radius 1 is 1.30 bits per heavy atom. The number of aromatic nitrogens is 1. The van der Waals surface area contributed by atoms with E-state index in [1.54, 1.807) is 0 Å². The molecule has 1 aromatic carbocycles. The Labute approximate surface area is 132 Å². The van der Waals surface area contributed by atoms with E-state index in [-0.39, 0.29) is 0 Å². The summed E-state index contributed by atoms with van der Waals surface area (Å²) in [5, 5.41) is 9.80. The Morgan fingerprint density at radius 3 is 2.35 bits per heavy atom. The number of nitrogens with one attached hydrogen (secondary N) is 1. The minimum atomic E-state index is -0.833. The molecule has 0 saturated heterocycles. The average Bonchev–Trinajstić information content (AvgIpc) is 2.68. The lowest BCUT2D eigenvalue weighted by Gasteiger charge is -2.08. The van der Waals surface area contributed by atoms with Gasteiger partial charge in [0.15, 0.2) is 0 Å². The highest BCUT2D eigenvalue weighted by molar-refractivity contribution is 6.50.